The van der Waals surface area contributed by atoms with E-state index in [4.69, 9.17) is 0 Å². The topological polar surface area (TPSA) is 44.4 Å². The number of hydrogen-bond donors (Lipinski definition) is 2. The molecule has 0 spiro atoms. The second-order valence-corrected chi connectivity index (χ2v) is 4.66. The Kier molecular flexibility index (Phi) is 6.42. The lowest BCUT2D eigenvalue weighted by Gasteiger charge is -2.22. The number of nitrogens with one attached hydrogen (secondary N) is 2. The third kappa shape index (κ3) is 5.47. The molecule has 0 aromatic carbocycles. The molecule has 4 nitrogen and oxygen atoms in total. The Bertz CT molecular complexity index is 202. The van der Waals surface area contributed by atoms with Gasteiger partial charge in [0, 0.05) is 19.5 Å². The van der Waals surface area contributed by atoms with Crippen LogP contribution in [-0.4, -0.2) is 50.6 Å². The predicted octanol–water partition coefficient (Wildman–Crippen LogP) is 0.444. The summed E-state index contributed by atoms with van der Waals surface area (Å²) >= 11 is 0. The van der Waals surface area contributed by atoms with Crippen LogP contribution in [0.15, 0.2) is 0 Å². The summed E-state index contributed by atoms with van der Waals surface area (Å²) < 4.78 is 0. The molecule has 0 aliphatic carbocycles. The van der Waals surface area contributed by atoms with Crippen LogP contribution < -0.4 is 10.6 Å². The van der Waals surface area contributed by atoms with Gasteiger partial charge in [0.2, 0.25) is 5.91 Å². The molecule has 1 heterocycles. The highest BCUT2D eigenvalue weighted by atomic mass is 16.1. The van der Waals surface area contributed by atoms with Gasteiger partial charge in [-0.15, -0.1) is 0 Å². The molecular weight excluding hydrogens is 202 g/mol. The molecule has 1 fully saturated rings. The molecular formula is C12H25N3O. The van der Waals surface area contributed by atoms with Crippen LogP contribution >= 0.6 is 0 Å². The predicted molar refractivity (Wildman–Crippen MR) is 66.4 cm³/mol. The van der Waals surface area contributed by atoms with Crippen molar-refractivity contribution >= 4 is 5.91 Å². The largest absolute Gasteiger partial charge is 0.355 e. The molecule has 1 atom stereocenters. The van der Waals surface area contributed by atoms with Gasteiger partial charge in [0.1, 0.15) is 0 Å². The van der Waals surface area contributed by atoms with Gasteiger partial charge in [0.25, 0.3) is 0 Å². The molecule has 1 aliphatic heterocycles. The first-order chi connectivity index (χ1) is 7.72. The molecule has 94 valence electrons. The van der Waals surface area contributed by atoms with Crippen molar-refractivity contribution in [1.29, 1.82) is 0 Å². The van der Waals surface area contributed by atoms with Crippen molar-refractivity contribution in [3.63, 3.8) is 0 Å². The van der Waals surface area contributed by atoms with Gasteiger partial charge in [-0.25, -0.2) is 0 Å². The highest BCUT2D eigenvalue weighted by molar-refractivity contribution is 5.76. The molecule has 16 heavy (non-hydrogen) atoms. The molecule has 0 radical (unpaired) electrons. The van der Waals surface area contributed by atoms with E-state index in [1.54, 1.807) is 0 Å². The minimum absolute atomic E-state index is 0.207. The minimum atomic E-state index is 0.207. The van der Waals surface area contributed by atoms with Crippen LogP contribution in [-0.2, 0) is 4.79 Å². The van der Waals surface area contributed by atoms with E-state index in [0.717, 1.165) is 32.7 Å². The van der Waals surface area contributed by atoms with Gasteiger partial charge in [0.05, 0.1) is 0 Å². The Morgan fingerprint density at radius 3 is 3.00 bits per heavy atom. The van der Waals surface area contributed by atoms with E-state index in [9.17, 15) is 4.79 Å². The van der Waals surface area contributed by atoms with Crippen molar-refractivity contribution in [2.24, 2.45) is 5.92 Å². The van der Waals surface area contributed by atoms with Crippen LogP contribution in [0.3, 0.4) is 0 Å². The number of likely N-dealkylation sites (N-methyl/N-ethyl adjacent to an activating group) is 1. The summed E-state index contributed by atoms with van der Waals surface area (Å²) in [7, 11) is 2.07. The van der Waals surface area contributed by atoms with Gasteiger partial charge in [-0.2, -0.15) is 0 Å². The van der Waals surface area contributed by atoms with Crippen LogP contribution in [0.5, 0.6) is 0 Å². The van der Waals surface area contributed by atoms with E-state index in [0.29, 0.717) is 12.3 Å². The van der Waals surface area contributed by atoms with Gasteiger partial charge < -0.3 is 15.5 Å². The average molecular weight is 227 g/mol. The van der Waals surface area contributed by atoms with E-state index in [1.807, 2.05) is 0 Å². The van der Waals surface area contributed by atoms with Gasteiger partial charge in [-0.3, -0.25) is 4.79 Å². The van der Waals surface area contributed by atoms with Crippen molar-refractivity contribution < 1.29 is 4.79 Å². The van der Waals surface area contributed by atoms with Crippen LogP contribution in [0.25, 0.3) is 0 Å². The maximum atomic E-state index is 11.6. The molecule has 1 aliphatic rings. The van der Waals surface area contributed by atoms with Crippen LogP contribution in [0.1, 0.15) is 26.2 Å². The molecule has 0 aromatic rings. The van der Waals surface area contributed by atoms with Crippen LogP contribution in [0.4, 0.5) is 0 Å². The maximum Gasteiger partial charge on any atom is 0.220 e. The Morgan fingerprint density at radius 2 is 2.38 bits per heavy atom. The van der Waals surface area contributed by atoms with Crippen LogP contribution in [0, 0.1) is 5.92 Å². The van der Waals surface area contributed by atoms with E-state index in [2.05, 4.69) is 29.5 Å². The lowest BCUT2D eigenvalue weighted by Crippen LogP contribution is -2.36. The summed E-state index contributed by atoms with van der Waals surface area (Å²) in [5.74, 6) is 0.746. The second kappa shape index (κ2) is 7.63. The fourth-order valence-corrected chi connectivity index (χ4v) is 1.98. The van der Waals surface area contributed by atoms with Gasteiger partial charge in [0.15, 0.2) is 0 Å². The third-order valence-electron chi connectivity index (χ3n) is 3.23. The zero-order valence-electron chi connectivity index (χ0n) is 10.6. The Balaban J connectivity index is 2.05. The number of hydrogen-bond acceptors (Lipinski definition) is 3. The third-order valence-corrected chi connectivity index (χ3v) is 3.23. The number of carbonyl (C=O) groups is 1. The van der Waals surface area contributed by atoms with Gasteiger partial charge in [-0.05, 0) is 45.4 Å². The maximum absolute atomic E-state index is 11.6. The Morgan fingerprint density at radius 1 is 1.56 bits per heavy atom. The van der Waals surface area contributed by atoms with Gasteiger partial charge >= 0.3 is 0 Å². The highest BCUT2D eigenvalue weighted by Gasteiger charge is 2.16. The molecule has 2 N–H and O–H groups in total. The summed E-state index contributed by atoms with van der Waals surface area (Å²) in [5.41, 5.74) is 0. The van der Waals surface area contributed by atoms with Crippen molar-refractivity contribution in [3.8, 4) is 0 Å². The SMILES string of the molecule is CCN(C)CCNC(=O)CC1CCCNC1. The number of amides is 1. The van der Waals surface area contributed by atoms with E-state index in [-0.39, 0.29) is 5.91 Å². The van der Waals surface area contributed by atoms with Crippen LogP contribution in [0.2, 0.25) is 0 Å². The highest BCUT2D eigenvalue weighted by Crippen LogP contribution is 2.13. The van der Waals surface area contributed by atoms with E-state index >= 15 is 0 Å². The summed E-state index contributed by atoms with van der Waals surface area (Å²) in [6.07, 6.45) is 3.08. The molecule has 1 saturated heterocycles. The molecule has 0 saturated carbocycles. The molecule has 1 rings (SSSR count). The van der Waals surface area contributed by atoms with Crippen molar-refractivity contribution in [1.82, 2.24) is 15.5 Å². The molecule has 4 heteroatoms. The summed E-state index contributed by atoms with van der Waals surface area (Å²) in [5, 5.41) is 6.32. The molecule has 1 amide bonds. The van der Waals surface area contributed by atoms with E-state index < -0.39 is 0 Å². The first-order valence-electron chi connectivity index (χ1n) is 6.38. The first-order valence-corrected chi connectivity index (χ1v) is 6.38. The number of rotatable bonds is 6. The monoisotopic (exact) mass is 227 g/mol. The Labute approximate surface area is 98.8 Å². The summed E-state index contributed by atoms with van der Waals surface area (Å²) in [4.78, 5) is 13.8. The lowest BCUT2D eigenvalue weighted by atomic mass is 9.96. The summed E-state index contributed by atoms with van der Waals surface area (Å²) in [6, 6.07) is 0. The zero-order valence-corrected chi connectivity index (χ0v) is 10.6. The minimum Gasteiger partial charge on any atom is -0.355 e. The second-order valence-electron chi connectivity index (χ2n) is 4.66. The fourth-order valence-electron chi connectivity index (χ4n) is 1.98. The zero-order chi connectivity index (χ0) is 11.8. The van der Waals surface area contributed by atoms with Crippen molar-refractivity contribution in [2.45, 2.75) is 26.2 Å². The van der Waals surface area contributed by atoms with Gasteiger partial charge in [-0.1, -0.05) is 6.92 Å². The number of carbonyl (C=O) groups excluding carboxylic acids is 1. The quantitative estimate of drug-likeness (QED) is 0.692. The number of nitrogens with zero attached hydrogens (tertiary/aromatic N) is 1. The molecule has 0 aromatic heterocycles. The first kappa shape index (κ1) is 13.5. The average Bonchev–Trinajstić information content (AvgIpc) is 2.30. The van der Waals surface area contributed by atoms with E-state index in [1.165, 1.54) is 12.8 Å². The smallest absolute Gasteiger partial charge is 0.220 e. The molecule has 0 bridgehead atoms. The van der Waals surface area contributed by atoms with Crippen molar-refractivity contribution in [3.05, 3.63) is 0 Å². The molecule has 1 unspecified atom stereocenters. The van der Waals surface area contributed by atoms with Crippen molar-refractivity contribution in [2.75, 3.05) is 39.8 Å². The Hall–Kier alpha value is -0.610. The number of piperidine rings is 1. The lowest BCUT2D eigenvalue weighted by molar-refractivity contribution is -0.122. The normalized spacial score (nSPS) is 21.1. The summed E-state index contributed by atoms with van der Waals surface area (Å²) in [6.45, 7) is 6.97. The standard InChI is InChI=1S/C12H25N3O/c1-3-15(2)8-7-14-12(16)9-11-5-4-6-13-10-11/h11,13H,3-10H2,1-2H3,(H,14,16). The fraction of sp³-hybridized carbons (Fsp3) is 0.917.